The normalized spacial score (nSPS) is 35.2. The molecule has 0 N–H and O–H groups in total. The zero-order chi connectivity index (χ0) is 15.3. The first kappa shape index (κ1) is 15.9. The van der Waals surface area contributed by atoms with Gasteiger partial charge in [-0.2, -0.15) is 26.3 Å². The largest absolute Gasteiger partial charge is 0.453 e. The maximum Gasteiger partial charge on any atom is 0.453 e. The van der Waals surface area contributed by atoms with Crippen molar-refractivity contribution in [1.82, 2.24) is 0 Å². The van der Waals surface area contributed by atoms with Gasteiger partial charge in [0.1, 0.15) is 0 Å². The van der Waals surface area contributed by atoms with Gasteiger partial charge in [-0.05, 0) is 12.2 Å². The molecule has 0 aromatic rings. The minimum atomic E-state index is -6.28. The SMILES string of the molecule is C=C[C@]1(F)OC(C(F)(F)F)(C(F)(F)F)O[C@@]1(F)C=C. The lowest BCUT2D eigenvalue weighted by atomic mass is 10.1. The van der Waals surface area contributed by atoms with Gasteiger partial charge in [0.2, 0.25) is 0 Å². The Morgan fingerprint density at radius 3 is 1.16 bits per heavy atom. The first-order valence-corrected chi connectivity index (χ1v) is 4.47. The van der Waals surface area contributed by atoms with Crippen molar-refractivity contribution >= 4 is 0 Å². The maximum absolute atomic E-state index is 13.7. The van der Waals surface area contributed by atoms with E-state index < -0.39 is 29.8 Å². The third-order valence-corrected chi connectivity index (χ3v) is 2.32. The third kappa shape index (κ3) is 1.93. The van der Waals surface area contributed by atoms with Crippen LogP contribution in [0.2, 0.25) is 0 Å². The smallest absolute Gasteiger partial charge is 0.289 e. The molecule has 19 heavy (non-hydrogen) atoms. The van der Waals surface area contributed by atoms with Gasteiger partial charge in [0.25, 0.3) is 11.7 Å². The number of ether oxygens (including phenoxy) is 2. The van der Waals surface area contributed by atoms with Gasteiger partial charge in [0.15, 0.2) is 0 Å². The molecule has 0 aromatic heterocycles. The fraction of sp³-hybridized carbons (Fsp3) is 0.556. The van der Waals surface area contributed by atoms with E-state index in [-0.39, 0.29) is 12.2 Å². The molecule has 110 valence electrons. The maximum atomic E-state index is 13.7. The summed E-state index contributed by atoms with van der Waals surface area (Å²) < 4.78 is 109. The van der Waals surface area contributed by atoms with E-state index >= 15 is 0 Å². The number of hydrogen-bond donors (Lipinski definition) is 0. The highest BCUT2D eigenvalue weighted by atomic mass is 19.4. The molecule has 1 fully saturated rings. The molecule has 0 bridgehead atoms. The molecule has 0 radical (unpaired) electrons. The summed E-state index contributed by atoms with van der Waals surface area (Å²) >= 11 is 0. The van der Waals surface area contributed by atoms with Crippen LogP contribution in [0, 0.1) is 0 Å². The van der Waals surface area contributed by atoms with Crippen LogP contribution in [0.25, 0.3) is 0 Å². The lowest BCUT2D eigenvalue weighted by molar-refractivity contribution is -0.456. The summed E-state index contributed by atoms with van der Waals surface area (Å²) in [4.78, 5) is 0. The molecule has 0 unspecified atom stereocenters. The Bertz CT molecular complexity index is 362. The van der Waals surface area contributed by atoms with Crippen molar-refractivity contribution in [2.24, 2.45) is 0 Å². The second-order valence-electron chi connectivity index (χ2n) is 3.51. The first-order chi connectivity index (χ1) is 8.29. The van der Waals surface area contributed by atoms with Gasteiger partial charge >= 0.3 is 18.1 Å². The average molecular weight is 298 g/mol. The lowest BCUT2D eigenvalue weighted by Gasteiger charge is -2.31. The highest BCUT2D eigenvalue weighted by molar-refractivity contribution is 5.15. The van der Waals surface area contributed by atoms with Gasteiger partial charge in [-0.15, -0.1) is 0 Å². The highest BCUT2D eigenvalue weighted by Gasteiger charge is 2.85. The van der Waals surface area contributed by atoms with Crippen LogP contribution in [0.3, 0.4) is 0 Å². The van der Waals surface area contributed by atoms with E-state index in [0.29, 0.717) is 0 Å². The monoisotopic (exact) mass is 298 g/mol. The van der Waals surface area contributed by atoms with Gasteiger partial charge in [0.05, 0.1) is 0 Å². The van der Waals surface area contributed by atoms with E-state index in [2.05, 4.69) is 22.6 Å². The molecule has 1 aliphatic heterocycles. The molecule has 10 heteroatoms. The second-order valence-corrected chi connectivity index (χ2v) is 3.51. The number of halogens is 8. The van der Waals surface area contributed by atoms with Crippen LogP contribution >= 0.6 is 0 Å². The van der Waals surface area contributed by atoms with E-state index in [9.17, 15) is 35.1 Å². The van der Waals surface area contributed by atoms with Crippen molar-refractivity contribution in [3.05, 3.63) is 25.3 Å². The molecule has 0 aliphatic carbocycles. The van der Waals surface area contributed by atoms with Gasteiger partial charge < -0.3 is 0 Å². The number of rotatable bonds is 2. The predicted molar refractivity (Wildman–Crippen MR) is 45.1 cm³/mol. The molecule has 0 aromatic carbocycles. The van der Waals surface area contributed by atoms with E-state index in [0.717, 1.165) is 0 Å². The summed E-state index contributed by atoms with van der Waals surface area (Å²) in [6, 6.07) is 0. The van der Waals surface area contributed by atoms with Crippen LogP contribution in [0.4, 0.5) is 35.1 Å². The van der Waals surface area contributed by atoms with Crippen LogP contribution in [0.15, 0.2) is 25.3 Å². The molecule has 2 atom stereocenters. The quantitative estimate of drug-likeness (QED) is 0.573. The van der Waals surface area contributed by atoms with Crippen LogP contribution in [-0.4, -0.2) is 29.8 Å². The summed E-state index contributed by atoms with van der Waals surface area (Å²) in [7, 11) is 0. The second kappa shape index (κ2) is 3.92. The summed E-state index contributed by atoms with van der Waals surface area (Å²) in [6.07, 6.45) is -13.0. The predicted octanol–water partition coefficient (Wildman–Crippen LogP) is 3.56. The Morgan fingerprint density at radius 1 is 0.737 bits per heavy atom. The minimum Gasteiger partial charge on any atom is -0.289 e. The molecular formula is C9H6F8O2. The Kier molecular flexibility index (Phi) is 3.28. The van der Waals surface area contributed by atoms with Crippen LogP contribution in [0.5, 0.6) is 0 Å². The molecule has 1 saturated heterocycles. The van der Waals surface area contributed by atoms with E-state index in [1.54, 1.807) is 0 Å². The zero-order valence-corrected chi connectivity index (χ0v) is 8.91. The minimum absolute atomic E-state index is 0.214. The third-order valence-electron chi connectivity index (χ3n) is 2.32. The molecule has 1 heterocycles. The topological polar surface area (TPSA) is 18.5 Å². The summed E-state index contributed by atoms with van der Waals surface area (Å²) in [5, 5.41) is 0. The fourth-order valence-corrected chi connectivity index (χ4v) is 1.33. The molecular weight excluding hydrogens is 292 g/mol. The molecule has 0 saturated carbocycles. The fourth-order valence-electron chi connectivity index (χ4n) is 1.33. The number of alkyl halides is 8. The lowest BCUT2D eigenvalue weighted by Crippen LogP contribution is -2.58. The zero-order valence-electron chi connectivity index (χ0n) is 8.91. The van der Waals surface area contributed by atoms with Gasteiger partial charge in [-0.3, -0.25) is 9.47 Å². The molecule has 1 aliphatic rings. The van der Waals surface area contributed by atoms with Crippen LogP contribution < -0.4 is 0 Å². The Balaban J connectivity index is 3.51. The Labute approximate surface area is 101 Å². The van der Waals surface area contributed by atoms with Crippen molar-refractivity contribution in [3.8, 4) is 0 Å². The van der Waals surface area contributed by atoms with E-state index in [1.807, 2.05) is 0 Å². The van der Waals surface area contributed by atoms with Crippen molar-refractivity contribution < 1.29 is 44.6 Å². The van der Waals surface area contributed by atoms with Crippen molar-refractivity contribution in [2.75, 3.05) is 0 Å². The van der Waals surface area contributed by atoms with Gasteiger partial charge in [0, 0.05) is 0 Å². The van der Waals surface area contributed by atoms with Crippen LogP contribution in [-0.2, 0) is 9.47 Å². The van der Waals surface area contributed by atoms with Crippen molar-refractivity contribution in [3.63, 3.8) is 0 Å². The Hall–Kier alpha value is -1.16. The molecule has 1 rings (SSSR count). The summed E-state index contributed by atoms with van der Waals surface area (Å²) in [6.45, 7) is 5.17. The molecule has 0 spiro atoms. The number of hydrogen-bond acceptors (Lipinski definition) is 2. The van der Waals surface area contributed by atoms with Crippen LogP contribution in [0.1, 0.15) is 0 Å². The molecule has 0 amide bonds. The van der Waals surface area contributed by atoms with Gasteiger partial charge in [-0.25, -0.2) is 8.78 Å². The van der Waals surface area contributed by atoms with E-state index in [4.69, 9.17) is 0 Å². The first-order valence-electron chi connectivity index (χ1n) is 4.47. The van der Waals surface area contributed by atoms with E-state index in [1.165, 1.54) is 0 Å². The standard InChI is InChI=1S/C9H6F8O2/c1-3-5(10)6(11,4-2)19-7(18-5,8(12,13)14)9(15,16)17/h3-4H,1-2H2/t5-,6-/m0/s1. The van der Waals surface area contributed by atoms with Crippen molar-refractivity contribution in [1.29, 1.82) is 0 Å². The highest BCUT2D eigenvalue weighted by Crippen LogP contribution is 2.59. The molecule has 2 nitrogen and oxygen atoms in total. The van der Waals surface area contributed by atoms with Gasteiger partial charge in [-0.1, -0.05) is 13.2 Å². The summed E-state index contributed by atoms with van der Waals surface area (Å²) in [5.74, 6) is -13.8. The Morgan fingerprint density at radius 2 is 1.00 bits per heavy atom. The average Bonchev–Trinajstić information content (AvgIpc) is 2.49. The summed E-state index contributed by atoms with van der Waals surface area (Å²) in [5.41, 5.74) is 0. The van der Waals surface area contributed by atoms with Crippen molar-refractivity contribution in [2.45, 2.75) is 29.8 Å².